The molecule has 5 rings (SSSR count). The number of nitrogens with two attached hydrogens (primary N) is 1. The molecule has 0 spiro atoms. The lowest BCUT2D eigenvalue weighted by molar-refractivity contribution is 0.102. The molecule has 1 aliphatic rings. The smallest absolute Gasteiger partial charge is 0.258 e. The van der Waals surface area contributed by atoms with Crippen molar-refractivity contribution in [1.29, 1.82) is 0 Å². The van der Waals surface area contributed by atoms with Crippen LogP contribution in [0.4, 0.5) is 11.5 Å². The molecule has 3 N–H and O–H groups in total. The number of anilines is 2. The molecule has 4 aromatic rings. The lowest BCUT2D eigenvalue weighted by Crippen LogP contribution is -2.17. The van der Waals surface area contributed by atoms with Crippen LogP contribution in [0.1, 0.15) is 35.7 Å². The third-order valence-electron chi connectivity index (χ3n) is 6.02. The van der Waals surface area contributed by atoms with Gasteiger partial charge in [-0.15, -0.1) is 0 Å². The van der Waals surface area contributed by atoms with Gasteiger partial charge in [-0.05, 0) is 37.5 Å². The van der Waals surface area contributed by atoms with Crippen molar-refractivity contribution in [3.63, 3.8) is 0 Å². The molecule has 0 unspecified atom stereocenters. The molecule has 0 bridgehead atoms. The third kappa shape index (κ3) is 3.31. The maximum absolute atomic E-state index is 13.7. The summed E-state index contributed by atoms with van der Waals surface area (Å²) in [7, 11) is 3.50. The van der Waals surface area contributed by atoms with Gasteiger partial charge in [0.1, 0.15) is 17.8 Å². The number of amides is 1. The van der Waals surface area contributed by atoms with Crippen LogP contribution in [0, 0.1) is 0 Å². The molecule has 0 atom stereocenters. The summed E-state index contributed by atoms with van der Waals surface area (Å²) in [5.41, 5.74) is 10.6. The summed E-state index contributed by atoms with van der Waals surface area (Å²) < 4.78 is 9.01. The van der Waals surface area contributed by atoms with Gasteiger partial charge in [0.05, 0.1) is 29.4 Å². The van der Waals surface area contributed by atoms with E-state index in [1.54, 1.807) is 18.0 Å². The Hall–Kier alpha value is -3.72. The number of carbonyl (C=O) groups is 1. The highest BCUT2D eigenvalue weighted by atomic mass is 16.5. The number of methoxy groups -OCH3 is 1. The second kappa shape index (κ2) is 7.45. The van der Waals surface area contributed by atoms with Crippen LogP contribution in [0.3, 0.4) is 0 Å². The quantitative estimate of drug-likeness (QED) is 0.484. The van der Waals surface area contributed by atoms with E-state index >= 15 is 0 Å². The molecular formula is C23H25N7O2. The Morgan fingerprint density at radius 3 is 2.62 bits per heavy atom. The summed E-state index contributed by atoms with van der Waals surface area (Å²) in [5.74, 6) is 0.0153. The first-order valence-electron chi connectivity index (χ1n) is 10.4. The second-order valence-electron chi connectivity index (χ2n) is 8.50. The van der Waals surface area contributed by atoms with Crippen molar-refractivity contribution >= 4 is 28.4 Å². The van der Waals surface area contributed by atoms with Crippen molar-refractivity contribution in [2.45, 2.75) is 31.9 Å². The zero-order chi connectivity index (χ0) is 22.5. The standard InChI is InChI=1S/C23H25N7O2/c1-23(8-9-23)30-19(15-10-27-29(2)11-15)17(18-20(24)25-13-26-21(18)30)22(31)28-16-6-4-14(5-7-16)12-32-3/h4-7,10-11,13H,8-9,12H2,1-3H3,(H,28,31)(H2,24,25,26). The second-order valence-corrected chi connectivity index (χ2v) is 8.50. The Morgan fingerprint density at radius 1 is 1.25 bits per heavy atom. The third-order valence-corrected chi connectivity index (χ3v) is 6.02. The van der Waals surface area contributed by atoms with Gasteiger partial charge in [-0.25, -0.2) is 9.97 Å². The summed E-state index contributed by atoms with van der Waals surface area (Å²) in [6, 6.07) is 7.56. The molecule has 3 aromatic heterocycles. The van der Waals surface area contributed by atoms with Gasteiger partial charge in [0.25, 0.3) is 5.91 Å². The van der Waals surface area contributed by atoms with E-state index in [9.17, 15) is 4.79 Å². The Kier molecular flexibility index (Phi) is 4.70. The molecule has 0 saturated heterocycles. The number of ether oxygens (including phenoxy) is 1. The number of nitrogens with zero attached hydrogens (tertiary/aromatic N) is 5. The van der Waals surface area contributed by atoms with Crippen LogP contribution < -0.4 is 11.1 Å². The van der Waals surface area contributed by atoms with Crippen LogP contribution >= 0.6 is 0 Å². The minimum atomic E-state index is -0.266. The van der Waals surface area contributed by atoms with E-state index in [4.69, 9.17) is 10.5 Å². The Morgan fingerprint density at radius 2 is 2.00 bits per heavy atom. The number of nitrogens with one attached hydrogen (secondary N) is 1. The molecule has 0 aliphatic heterocycles. The molecule has 1 aromatic carbocycles. The van der Waals surface area contributed by atoms with Gasteiger partial charge in [-0.3, -0.25) is 9.48 Å². The topological polar surface area (TPSA) is 113 Å². The van der Waals surface area contributed by atoms with Gasteiger partial charge >= 0.3 is 0 Å². The number of aromatic nitrogens is 5. The molecule has 0 radical (unpaired) electrons. The minimum Gasteiger partial charge on any atom is -0.383 e. The van der Waals surface area contributed by atoms with Crippen molar-refractivity contribution in [2.24, 2.45) is 7.05 Å². The maximum atomic E-state index is 13.7. The first-order valence-corrected chi connectivity index (χ1v) is 10.4. The first-order chi connectivity index (χ1) is 15.4. The predicted octanol–water partition coefficient (Wildman–Crippen LogP) is 3.32. The van der Waals surface area contributed by atoms with Crippen LogP contribution in [0.15, 0.2) is 43.0 Å². The predicted molar refractivity (Wildman–Crippen MR) is 122 cm³/mol. The highest BCUT2D eigenvalue weighted by Gasteiger charge is 2.44. The molecule has 9 heteroatoms. The molecule has 1 amide bonds. The largest absolute Gasteiger partial charge is 0.383 e. The number of nitrogen functional groups attached to an aromatic ring is 1. The van der Waals surface area contributed by atoms with Crippen LogP contribution in [0.25, 0.3) is 22.3 Å². The Balaban J connectivity index is 1.68. The summed E-state index contributed by atoms with van der Waals surface area (Å²) in [6.07, 6.45) is 7.10. The molecule has 9 nitrogen and oxygen atoms in total. The zero-order valence-corrected chi connectivity index (χ0v) is 18.3. The van der Waals surface area contributed by atoms with Gasteiger partial charge in [-0.2, -0.15) is 5.10 Å². The number of hydrogen-bond acceptors (Lipinski definition) is 6. The number of carbonyl (C=O) groups excluding carboxylic acids is 1. The van der Waals surface area contributed by atoms with Crippen LogP contribution in [-0.4, -0.2) is 37.3 Å². The van der Waals surface area contributed by atoms with E-state index in [1.807, 2.05) is 37.5 Å². The fourth-order valence-electron chi connectivity index (χ4n) is 4.15. The highest BCUT2D eigenvalue weighted by molar-refractivity contribution is 6.19. The van der Waals surface area contributed by atoms with Crippen molar-refractivity contribution in [1.82, 2.24) is 24.3 Å². The molecule has 1 saturated carbocycles. The summed E-state index contributed by atoms with van der Waals surface area (Å²) in [6.45, 7) is 2.68. The number of rotatable bonds is 6. The van der Waals surface area contributed by atoms with Crippen molar-refractivity contribution in [3.05, 3.63) is 54.1 Å². The molecule has 3 heterocycles. The Bertz CT molecular complexity index is 1320. The van der Waals surface area contributed by atoms with E-state index in [0.29, 0.717) is 28.9 Å². The normalized spacial score (nSPS) is 14.6. The van der Waals surface area contributed by atoms with E-state index in [2.05, 4.69) is 31.9 Å². The maximum Gasteiger partial charge on any atom is 0.258 e. The van der Waals surface area contributed by atoms with E-state index in [1.165, 1.54) is 6.33 Å². The average Bonchev–Trinajstić information content (AvgIpc) is 3.20. The fourth-order valence-corrected chi connectivity index (χ4v) is 4.15. The van der Waals surface area contributed by atoms with Gasteiger partial charge in [-0.1, -0.05) is 12.1 Å². The van der Waals surface area contributed by atoms with Crippen LogP contribution in [-0.2, 0) is 23.9 Å². The van der Waals surface area contributed by atoms with Gasteiger partial charge in [0.2, 0.25) is 0 Å². The summed E-state index contributed by atoms with van der Waals surface area (Å²) in [5, 5.41) is 7.91. The van der Waals surface area contributed by atoms with Crippen molar-refractivity contribution in [3.8, 4) is 11.3 Å². The molecule has 1 aliphatic carbocycles. The Labute approximate surface area is 185 Å². The number of benzene rings is 1. The van der Waals surface area contributed by atoms with Crippen molar-refractivity contribution < 1.29 is 9.53 Å². The minimum absolute atomic E-state index is 0.134. The monoisotopic (exact) mass is 431 g/mol. The number of aryl methyl sites for hydroxylation is 1. The molecule has 164 valence electrons. The van der Waals surface area contributed by atoms with Gasteiger partial charge in [0.15, 0.2) is 0 Å². The lowest BCUT2D eigenvalue weighted by atomic mass is 10.1. The SMILES string of the molecule is COCc1ccc(NC(=O)c2c(-c3cnn(C)c3)n(C3(C)CC3)c3ncnc(N)c23)cc1. The molecule has 32 heavy (non-hydrogen) atoms. The molecule has 1 fully saturated rings. The van der Waals surface area contributed by atoms with Gasteiger partial charge < -0.3 is 20.4 Å². The van der Waals surface area contributed by atoms with Crippen LogP contribution in [0.5, 0.6) is 0 Å². The van der Waals surface area contributed by atoms with E-state index < -0.39 is 0 Å². The zero-order valence-electron chi connectivity index (χ0n) is 18.3. The summed E-state index contributed by atoms with van der Waals surface area (Å²) >= 11 is 0. The summed E-state index contributed by atoms with van der Waals surface area (Å²) in [4.78, 5) is 22.4. The number of hydrogen-bond donors (Lipinski definition) is 2. The lowest BCUT2D eigenvalue weighted by Gasteiger charge is -2.17. The number of fused-ring (bicyclic) bond motifs is 1. The van der Waals surface area contributed by atoms with Crippen LogP contribution in [0.2, 0.25) is 0 Å². The van der Waals surface area contributed by atoms with Gasteiger partial charge in [0, 0.05) is 37.1 Å². The van der Waals surface area contributed by atoms with E-state index in [-0.39, 0.29) is 17.3 Å². The van der Waals surface area contributed by atoms with Crippen molar-refractivity contribution in [2.75, 3.05) is 18.2 Å². The average molecular weight is 432 g/mol. The molecular weight excluding hydrogens is 406 g/mol. The highest BCUT2D eigenvalue weighted by Crippen LogP contribution is 2.49. The fraction of sp³-hybridized carbons (Fsp3) is 0.304. The van der Waals surface area contributed by atoms with E-state index in [0.717, 1.165) is 29.7 Å². The first kappa shape index (κ1) is 20.2.